The molecule has 0 fully saturated rings. The van der Waals surface area contributed by atoms with Gasteiger partial charge >= 0.3 is 0 Å². The Balaban J connectivity index is 1.87. The summed E-state index contributed by atoms with van der Waals surface area (Å²) in [4.78, 5) is 26.0. The van der Waals surface area contributed by atoms with E-state index in [-0.39, 0.29) is 18.2 Å². The number of amides is 1. The van der Waals surface area contributed by atoms with Crippen LogP contribution in [0, 0.1) is 6.92 Å². The average molecular weight is 492 g/mol. The molecule has 0 aliphatic rings. The van der Waals surface area contributed by atoms with Crippen molar-refractivity contribution in [3.63, 3.8) is 0 Å². The fraction of sp³-hybridized carbons (Fsp3) is 0.304. The molecule has 9 heteroatoms. The molecule has 3 aromatic rings. The maximum Gasteiger partial charge on any atom is 0.262 e. The second kappa shape index (κ2) is 11.7. The minimum absolute atomic E-state index is 0.0849. The van der Waals surface area contributed by atoms with Crippen molar-refractivity contribution in [1.29, 1.82) is 0 Å². The van der Waals surface area contributed by atoms with Crippen LogP contribution in [-0.2, 0) is 11.2 Å². The molecule has 32 heavy (non-hydrogen) atoms. The Morgan fingerprint density at radius 1 is 1.12 bits per heavy atom. The summed E-state index contributed by atoms with van der Waals surface area (Å²) in [5.74, 6) is 2.11. The molecular weight excluding hydrogens is 466 g/mol. The summed E-state index contributed by atoms with van der Waals surface area (Å²) in [6.07, 6.45) is 0.178. The second-order valence-electron chi connectivity index (χ2n) is 7.05. The Morgan fingerprint density at radius 2 is 1.84 bits per heavy atom. The summed E-state index contributed by atoms with van der Waals surface area (Å²) in [6.45, 7) is 3.08. The number of halogens is 1. The normalized spacial score (nSPS) is 11.0. The molecule has 0 bridgehead atoms. The summed E-state index contributed by atoms with van der Waals surface area (Å²) in [5, 5.41) is 4.35. The van der Waals surface area contributed by atoms with Crippen molar-refractivity contribution >= 4 is 55.9 Å². The number of carbonyl (C=O) groups excluding carboxylic acids is 2. The molecule has 0 aliphatic heterocycles. The summed E-state index contributed by atoms with van der Waals surface area (Å²) in [6, 6.07) is 12.3. The van der Waals surface area contributed by atoms with Gasteiger partial charge in [0.25, 0.3) is 5.91 Å². The van der Waals surface area contributed by atoms with E-state index in [2.05, 4.69) is 5.32 Å². The number of aromatic nitrogens is 1. The van der Waals surface area contributed by atoms with Crippen LogP contribution in [-0.4, -0.2) is 48.1 Å². The van der Waals surface area contributed by atoms with Gasteiger partial charge in [0.1, 0.15) is 5.75 Å². The van der Waals surface area contributed by atoms with Gasteiger partial charge < -0.3 is 15.8 Å². The molecule has 170 valence electrons. The van der Waals surface area contributed by atoms with E-state index < -0.39 is 0 Å². The minimum Gasteiger partial charge on any atom is -0.497 e. The molecule has 0 unspecified atom stereocenters. The number of benzene rings is 2. The number of ether oxygens (including phenoxy) is 1. The fourth-order valence-electron chi connectivity index (χ4n) is 3.42. The van der Waals surface area contributed by atoms with Crippen LogP contribution in [0.15, 0.2) is 42.5 Å². The highest BCUT2D eigenvalue weighted by atomic mass is 35.5. The second-order valence-corrected chi connectivity index (χ2v) is 10.2. The number of nitrogens with one attached hydrogen (secondary N) is 1. The van der Waals surface area contributed by atoms with Crippen LogP contribution in [0.1, 0.15) is 21.6 Å². The van der Waals surface area contributed by atoms with E-state index in [0.717, 1.165) is 33.7 Å². The van der Waals surface area contributed by atoms with E-state index in [1.165, 1.54) is 0 Å². The largest absolute Gasteiger partial charge is 0.497 e. The van der Waals surface area contributed by atoms with Gasteiger partial charge in [-0.3, -0.25) is 14.2 Å². The van der Waals surface area contributed by atoms with Gasteiger partial charge in [-0.2, -0.15) is 0 Å². The summed E-state index contributed by atoms with van der Waals surface area (Å²) in [5.41, 5.74) is 8.28. The highest BCUT2D eigenvalue weighted by molar-refractivity contribution is 8.76. The van der Waals surface area contributed by atoms with Crippen molar-refractivity contribution in [3.05, 3.63) is 64.3 Å². The Labute approximate surface area is 200 Å². The monoisotopic (exact) mass is 491 g/mol. The van der Waals surface area contributed by atoms with E-state index in [9.17, 15) is 9.59 Å². The minimum atomic E-state index is -0.172. The van der Waals surface area contributed by atoms with Crippen molar-refractivity contribution in [1.82, 2.24) is 9.88 Å². The number of hydrogen-bond donors (Lipinski definition) is 2. The maximum atomic E-state index is 13.3. The molecule has 0 spiro atoms. The zero-order valence-electron chi connectivity index (χ0n) is 18.0. The average Bonchev–Trinajstić information content (AvgIpc) is 3.06. The molecule has 0 atom stereocenters. The third-order valence-corrected chi connectivity index (χ3v) is 7.66. The first-order valence-electron chi connectivity index (χ1n) is 10.2. The SMILES string of the molecule is COc1ccc2c(c1)c(CC(=O)NCCSSCCN)c(C)n2C(=O)c1ccc(Cl)cc1. The lowest BCUT2D eigenvalue weighted by atomic mass is 10.1. The number of methoxy groups -OCH3 is 1. The van der Waals surface area contributed by atoms with Crippen LogP contribution in [0.2, 0.25) is 5.02 Å². The Hall–Kier alpha value is -2.13. The van der Waals surface area contributed by atoms with Crippen molar-refractivity contribution in [3.8, 4) is 5.75 Å². The Bertz CT molecular complexity index is 1100. The molecule has 1 amide bonds. The van der Waals surface area contributed by atoms with Gasteiger partial charge in [-0.15, -0.1) is 0 Å². The third kappa shape index (κ3) is 5.81. The van der Waals surface area contributed by atoms with Gasteiger partial charge in [-0.05, 0) is 55.0 Å². The first kappa shape index (κ1) is 24.5. The number of rotatable bonds is 10. The summed E-state index contributed by atoms with van der Waals surface area (Å²) in [7, 11) is 4.98. The molecule has 1 aromatic heterocycles. The van der Waals surface area contributed by atoms with E-state index in [4.69, 9.17) is 22.1 Å². The maximum absolute atomic E-state index is 13.3. The van der Waals surface area contributed by atoms with E-state index in [1.54, 1.807) is 57.5 Å². The van der Waals surface area contributed by atoms with E-state index in [0.29, 0.717) is 29.4 Å². The van der Waals surface area contributed by atoms with E-state index in [1.807, 2.05) is 25.1 Å². The van der Waals surface area contributed by atoms with Gasteiger partial charge in [0.15, 0.2) is 0 Å². The number of nitrogens with two attached hydrogens (primary N) is 1. The van der Waals surface area contributed by atoms with Crippen LogP contribution in [0.3, 0.4) is 0 Å². The smallest absolute Gasteiger partial charge is 0.262 e. The Morgan fingerprint density at radius 3 is 2.53 bits per heavy atom. The number of hydrogen-bond acceptors (Lipinski definition) is 6. The Kier molecular flexibility index (Phi) is 8.92. The van der Waals surface area contributed by atoms with E-state index >= 15 is 0 Å². The highest BCUT2D eigenvalue weighted by Crippen LogP contribution is 2.31. The lowest BCUT2D eigenvalue weighted by Gasteiger charge is -2.08. The van der Waals surface area contributed by atoms with Crippen molar-refractivity contribution in [2.75, 3.05) is 31.7 Å². The lowest BCUT2D eigenvalue weighted by Crippen LogP contribution is -2.27. The van der Waals surface area contributed by atoms with Crippen molar-refractivity contribution < 1.29 is 14.3 Å². The topological polar surface area (TPSA) is 86.3 Å². The molecule has 2 aromatic carbocycles. The molecule has 0 aliphatic carbocycles. The number of nitrogens with zero attached hydrogens (tertiary/aromatic N) is 1. The predicted octanol–water partition coefficient (Wildman–Crippen LogP) is 4.30. The van der Waals surface area contributed by atoms with Crippen LogP contribution in [0.25, 0.3) is 10.9 Å². The number of carbonyl (C=O) groups is 2. The summed E-state index contributed by atoms with van der Waals surface area (Å²) < 4.78 is 7.03. The molecule has 6 nitrogen and oxygen atoms in total. The molecule has 0 radical (unpaired) electrons. The van der Waals surface area contributed by atoms with Crippen LogP contribution in [0.5, 0.6) is 5.75 Å². The quantitative estimate of drug-likeness (QED) is 0.325. The fourth-order valence-corrected chi connectivity index (χ4v) is 5.31. The standard InChI is InChI=1S/C23H26ClN3O3S2/c1-15-19(14-22(28)26-10-12-32-31-11-9-25)20-13-18(30-2)7-8-21(20)27(15)23(29)16-3-5-17(24)6-4-16/h3-8,13H,9-12,14,25H2,1-2H3,(H,26,28). The van der Waals surface area contributed by atoms with Gasteiger partial charge in [0, 0.05) is 46.3 Å². The van der Waals surface area contributed by atoms with Gasteiger partial charge in [-0.25, -0.2) is 0 Å². The lowest BCUT2D eigenvalue weighted by molar-refractivity contribution is -0.120. The molecular formula is C23H26ClN3O3S2. The third-order valence-electron chi connectivity index (χ3n) is 4.97. The molecule has 3 rings (SSSR count). The van der Waals surface area contributed by atoms with Gasteiger partial charge in [-0.1, -0.05) is 33.2 Å². The zero-order valence-corrected chi connectivity index (χ0v) is 20.4. The van der Waals surface area contributed by atoms with Crippen LogP contribution >= 0.6 is 33.2 Å². The highest BCUT2D eigenvalue weighted by Gasteiger charge is 2.22. The summed E-state index contributed by atoms with van der Waals surface area (Å²) >= 11 is 5.98. The van der Waals surface area contributed by atoms with Crippen molar-refractivity contribution in [2.45, 2.75) is 13.3 Å². The molecule has 0 saturated carbocycles. The van der Waals surface area contributed by atoms with Crippen LogP contribution < -0.4 is 15.8 Å². The van der Waals surface area contributed by atoms with Gasteiger partial charge in [0.05, 0.1) is 19.0 Å². The first-order valence-corrected chi connectivity index (χ1v) is 13.0. The predicted molar refractivity (Wildman–Crippen MR) is 135 cm³/mol. The molecule has 1 heterocycles. The zero-order chi connectivity index (χ0) is 23.1. The number of fused-ring (bicyclic) bond motifs is 1. The van der Waals surface area contributed by atoms with Crippen molar-refractivity contribution in [2.24, 2.45) is 5.73 Å². The molecule has 0 saturated heterocycles. The molecule has 3 N–H and O–H groups in total. The van der Waals surface area contributed by atoms with Crippen LogP contribution in [0.4, 0.5) is 0 Å². The van der Waals surface area contributed by atoms with Gasteiger partial charge in [0.2, 0.25) is 5.91 Å². The first-order chi connectivity index (χ1) is 15.5.